The second-order valence-electron chi connectivity index (χ2n) is 10.6. The molecule has 0 aromatic heterocycles. The van der Waals surface area contributed by atoms with Gasteiger partial charge in [-0.15, -0.1) is 0 Å². The summed E-state index contributed by atoms with van der Waals surface area (Å²) in [6, 6.07) is -0.384. The number of nitrogens with zero attached hydrogens (tertiary/aromatic N) is 1. The maximum absolute atomic E-state index is 12.6. The van der Waals surface area contributed by atoms with Gasteiger partial charge in [0, 0.05) is 13.1 Å². The molecule has 6 heteroatoms. The molecule has 28 heavy (non-hydrogen) atoms. The molecule has 6 nitrogen and oxygen atoms in total. The fraction of sp³-hybridized carbons (Fsp3) is 0.955. The van der Waals surface area contributed by atoms with Crippen LogP contribution in [0.4, 0.5) is 0 Å². The highest BCUT2D eigenvalue weighted by Gasteiger charge is 2.53. The van der Waals surface area contributed by atoms with Crippen molar-refractivity contribution in [2.24, 2.45) is 17.1 Å². The van der Waals surface area contributed by atoms with Crippen LogP contribution in [-0.2, 0) is 14.3 Å². The number of carbonyl (C=O) groups is 1. The Kier molecular flexibility index (Phi) is 6.18. The molecule has 3 saturated heterocycles. The first-order valence-corrected chi connectivity index (χ1v) is 11.0. The maximum Gasteiger partial charge on any atom is 0.239 e. The molecule has 0 aromatic carbocycles. The van der Waals surface area contributed by atoms with Crippen molar-refractivity contribution in [2.45, 2.75) is 103 Å². The van der Waals surface area contributed by atoms with E-state index in [1.165, 1.54) is 0 Å². The number of hydrogen-bond donors (Lipinski definition) is 2. The number of carbonyl (C=O) groups excluding carboxylic acids is 1. The second-order valence-corrected chi connectivity index (χ2v) is 10.6. The van der Waals surface area contributed by atoms with E-state index in [0.717, 1.165) is 58.2 Å². The van der Waals surface area contributed by atoms with Gasteiger partial charge in [0.1, 0.15) is 0 Å². The van der Waals surface area contributed by atoms with Gasteiger partial charge in [0.25, 0.3) is 0 Å². The molecule has 1 amide bonds. The molecule has 3 fully saturated rings. The topological polar surface area (TPSA) is 85.0 Å². The van der Waals surface area contributed by atoms with E-state index in [1.807, 2.05) is 18.7 Å². The quantitative estimate of drug-likeness (QED) is 0.762. The third-order valence-electron chi connectivity index (χ3n) is 7.28. The average Bonchev–Trinajstić information content (AvgIpc) is 3.02. The van der Waals surface area contributed by atoms with E-state index in [4.69, 9.17) is 15.2 Å². The van der Waals surface area contributed by atoms with Crippen molar-refractivity contribution in [1.82, 2.24) is 4.90 Å². The molecule has 0 unspecified atom stereocenters. The molecule has 1 spiro atoms. The number of rotatable bonds is 4. The minimum absolute atomic E-state index is 0.0460. The minimum atomic E-state index is -0.547. The maximum atomic E-state index is 12.6. The Morgan fingerprint density at radius 2 is 1.86 bits per heavy atom. The van der Waals surface area contributed by atoms with Crippen molar-refractivity contribution in [1.29, 1.82) is 0 Å². The predicted octanol–water partition coefficient (Wildman–Crippen LogP) is 2.47. The highest BCUT2D eigenvalue weighted by molar-refractivity contribution is 5.81. The second kappa shape index (κ2) is 7.86. The van der Waals surface area contributed by atoms with Crippen LogP contribution in [-0.4, -0.2) is 65.1 Å². The summed E-state index contributed by atoms with van der Waals surface area (Å²) >= 11 is 0. The molecule has 0 saturated carbocycles. The number of likely N-dealkylation sites (tertiary alicyclic amines) is 1. The van der Waals surface area contributed by atoms with Crippen molar-refractivity contribution >= 4 is 5.91 Å². The van der Waals surface area contributed by atoms with Gasteiger partial charge < -0.3 is 25.2 Å². The van der Waals surface area contributed by atoms with E-state index in [1.54, 1.807) is 0 Å². The molecule has 0 bridgehead atoms. The molecular formula is C22H40N2O4. The summed E-state index contributed by atoms with van der Waals surface area (Å²) in [6.07, 6.45) is 4.81. The summed E-state index contributed by atoms with van der Waals surface area (Å²) in [5, 5.41) is 10.2. The lowest BCUT2D eigenvalue weighted by Crippen LogP contribution is -2.56. The molecule has 162 valence electrons. The molecular weight excluding hydrogens is 356 g/mol. The number of ether oxygens (including phenoxy) is 2. The molecule has 3 heterocycles. The lowest BCUT2D eigenvalue weighted by Gasteiger charge is -2.48. The van der Waals surface area contributed by atoms with E-state index in [9.17, 15) is 9.90 Å². The van der Waals surface area contributed by atoms with Crippen molar-refractivity contribution in [3.05, 3.63) is 0 Å². The van der Waals surface area contributed by atoms with Gasteiger partial charge in [0.2, 0.25) is 5.91 Å². The number of nitrogens with two attached hydrogens (primary N) is 1. The zero-order valence-electron chi connectivity index (χ0n) is 18.4. The minimum Gasteiger partial charge on any atom is -0.390 e. The first-order chi connectivity index (χ1) is 13.0. The van der Waals surface area contributed by atoms with Crippen LogP contribution in [0.15, 0.2) is 0 Å². The Hall–Kier alpha value is -0.690. The van der Waals surface area contributed by atoms with E-state index in [0.29, 0.717) is 5.92 Å². The number of aliphatic hydroxyl groups is 1. The molecule has 4 atom stereocenters. The first-order valence-electron chi connectivity index (χ1n) is 11.0. The van der Waals surface area contributed by atoms with Crippen LogP contribution in [0, 0.1) is 11.3 Å². The zero-order valence-corrected chi connectivity index (χ0v) is 18.4. The molecule has 3 aliphatic rings. The summed E-state index contributed by atoms with van der Waals surface area (Å²) in [6.45, 7) is 12.5. The van der Waals surface area contributed by atoms with Crippen LogP contribution in [0.5, 0.6) is 0 Å². The molecule has 0 aromatic rings. The van der Waals surface area contributed by atoms with Crippen LogP contribution < -0.4 is 5.73 Å². The van der Waals surface area contributed by atoms with Crippen molar-refractivity contribution < 1.29 is 19.4 Å². The molecule has 0 radical (unpaired) electrons. The molecule has 3 rings (SSSR count). The van der Waals surface area contributed by atoms with E-state index < -0.39 is 11.7 Å². The smallest absolute Gasteiger partial charge is 0.239 e. The summed E-state index contributed by atoms with van der Waals surface area (Å²) in [7, 11) is 0. The molecule has 0 aliphatic carbocycles. The first kappa shape index (κ1) is 22.0. The van der Waals surface area contributed by atoms with Crippen LogP contribution in [0.2, 0.25) is 0 Å². The monoisotopic (exact) mass is 396 g/mol. The lowest BCUT2D eigenvalue weighted by atomic mass is 9.73. The van der Waals surface area contributed by atoms with Crippen LogP contribution in [0.3, 0.4) is 0 Å². The summed E-state index contributed by atoms with van der Waals surface area (Å²) < 4.78 is 12.6. The van der Waals surface area contributed by atoms with Gasteiger partial charge in [-0.3, -0.25) is 4.79 Å². The largest absolute Gasteiger partial charge is 0.390 e. The predicted molar refractivity (Wildman–Crippen MR) is 109 cm³/mol. The zero-order chi connectivity index (χ0) is 20.7. The SMILES string of the molecule is CC(C)C[C@H](N)C(=O)N1CCC2(CC1)CO[C@@H]([C@@]1(C)CC[C@H](O)C(C)(C)O1)C2. The lowest BCUT2D eigenvalue weighted by molar-refractivity contribution is -0.245. The van der Waals surface area contributed by atoms with E-state index in [2.05, 4.69) is 20.8 Å². The standard InChI is InChI=1S/C22H40N2O4/c1-15(2)12-16(23)19(26)24-10-8-22(9-11-24)13-18(27-14-22)21(5)7-6-17(25)20(3,4)28-21/h15-18,25H,6-14,23H2,1-5H3/t16-,17-,18+,21+/m0/s1. The Bertz CT molecular complexity index is 571. The fourth-order valence-corrected chi connectivity index (χ4v) is 5.29. The highest BCUT2D eigenvalue weighted by atomic mass is 16.6. The average molecular weight is 397 g/mol. The van der Waals surface area contributed by atoms with Crippen molar-refractivity contribution in [3.8, 4) is 0 Å². The van der Waals surface area contributed by atoms with Crippen LogP contribution in [0.25, 0.3) is 0 Å². The van der Waals surface area contributed by atoms with Crippen molar-refractivity contribution in [3.63, 3.8) is 0 Å². The Morgan fingerprint density at radius 3 is 2.43 bits per heavy atom. The summed E-state index contributed by atoms with van der Waals surface area (Å²) in [5.74, 6) is 0.524. The van der Waals surface area contributed by atoms with Gasteiger partial charge in [0.15, 0.2) is 0 Å². The highest BCUT2D eigenvalue weighted by Crippen LogP contribution is 2.49. The van der Waals surface area contributed by atoms with Crippen LogP contribution >= 0.6 is 0 Å². The van der Waals surface area contributed by atoms with E-state index in [-0.39, 0.29) is 29.1 Å². The third kappa shape index (κ3) is 4.40. The van der Waals surface area contributed by atoms with E-state index >= 15 is 0 Å². The van der Waals surface area contributed by atoms with Gasteiger partial charge in [-0.05, 0) is 70.6 Å². The normalized spacial score (nSPS) is 36.1. The van der Waals surface area contributed by atoms with Gasteiger partial charge in [0.05, 0.1) is 36.1 Å². The molecule has 3 N–H and O–H groups in total. The Labute approximate surface area is 170 Å². The van der Waals surface area contributed by atoms with Crippen molar-refractivity contribution in [2.75, 3.05) is 19.7 Å². The molecule has 3 aliphatic heterocycles. The third-order valence-corrected chi connectivity index (χ3v) is 7.28. The van der Waals surface area contributed by atoms with Gasteiger partial charge in [-0.1, -0.05) is 13.8 Å². The van der Waals surface area contributed by atoms with Gasteiger partial charge >= 0.3 is 0 Å². The van der Waals surface area contributed by atoms with Gasteiger partial charge in [-0.2, -0.15) is 0 Å². The Balaban J connectivity index is 1.57. The number of piperidine rings is 1. The number of hydrogen-bond acceptors (Lipinski definition) is 5. The van der Waals surface area contributed by atoms with Crippen LogP contribution in [0.1, 0.15) is 73.1 Å². The van der Waals surface area contributed by atoms with Gasteiger partial charge in [-0.25, -0.2) is 0 Å². The fourth-order valence-electron chi connectivity index (χ4n) is 5.29. The Morgan fingerprint density at radius 1 is 1.21 bits per heavy atom. The number of aliphatic hydroxyl groups excluding tert-OH is 1. The summed E-state index contributed by atoms with van der Waals surface area (Å²) in [4.78, 5) is 14.6. The summed E-state index contributed by atoms with van der Waals surface area (Å²) in [5.41, 5.74) is 5.34. The number of amides is 1.